The molecule has 2 aliphatic carbocycles. The Balaban J connectivity index is 1.86. The quantitative estimate of drug-likeness (QED) is 0.553. The average molecular weight is 194 g/mol. The van der Waals surface area contributed by atoms with Crippen molar-refractivity contribution in [1.29, 1.82) is 0 Å². The van der Waals surface area contributed by atoms with Gasteiger partial charge < -0.3 is 4.74 Å². The largest absolute Gasteiger partial charge is 0.459 e. The van der Waals surface area contributed by atoms with Gasteiger partial charge in [-0.1, -0.05) is 13.8 Å². The minimum absolute atomic E-state index is 0.0246. The van der Waals surface area contributed by atoms with Crippen LogP contribution in [-0.4, -0.2) is 11.6 Å². The number of hydrogen-bond acceptors (Lipinski definition) is 2. The summed E-state index contributed by atoms with van der Waals surface area (Å²) in [6, 6.07) is 0. The smallest absolute Gasteiger partial charge is 0.306 e. The Morgan fingerprint density at radius 1 is 1.29 bits per heavy atom. The Morgan fingerprint density at radius 2 is 2.00 bits per heavy atom. The molecule has 0 aromatic carbocycles. The molecule has 4 atom stereocenters. The molecule has 1 aliphatic heterocycles. The van der Waals surface area contributed by atoms with Crippen LogP contribution < -0.4 is 0 Å². The maximum Gasteiger partial charge on any atom is 0.306 e. The highest BCUT2D eigenvalue weighted by Gasteiger charge is 2.66. The van der Waals surface area contributed by atoms with Gasteiger partial charge in [0, 0.05) is 5.92 Å². The molecule has 0 bridgehead atoms. The zero-order chi connectivity index (χ0) is 10.1. The summed E-state index contributed by atoms with van der Waals surface area (Å²) in [6.07, 6.45) is 2.97. The van der Waals surface area contributed by atoms with Gasteiger partial charge in [0.1, 0.15) is 5.60 Å². The first-order valence-corrected chi connectivity index (χ1v) is 5.65. The van der Waals surface area contributed by atoms with Crippen molar-refractivity contribution in [3.8, 4) is 0 Å². The normalized spacial score (nSPS) is 53.4. The molecule has 0 aromatic rings. The van der Waals surface area contributed by atoms with Crippen molar-refractivity contribution in [2.75, 3.05) is 0 Å². The highest BCUT2D eigenvalue weighted by atomic mass is 16.6. The lowest BCUT2D eigenvalue weighted by Crippen LogP contribution is -2.35. The zero-order valence-electron chi connectivity index (χ0n) is 9.17. The summed E-state index contributed by atoms with van der Waals surface area (Å²) in [5.41, 5.74) is 0.395. The number of esters is 1. The fourth-order valence-corrected chi connectivity index (χ4v) is 3.82. The standard InChI is InChI=1S/C12H18O2/c1-11(2)8-4-7-5-10(13)14-12(7,3)6-9(8)11/h7-9H,4-6H2,1-3H3/t7?,8?,9?,12-/m0/s1. The molecule has 1 heterocycles. The van der Waals surface area contributed by atoms with Gasteiger partial charge in [-0.25, -0.2) is 0 Å². The molecular formula is C12H18O2. The number of fused-ring (bicyclic) bond motifs is 2. The topological polar surface area (TPSA) is 26.3 Å². The van der Waals surface area contributed by atoms with Gasteiger partial charge in [-0.05, 0) is 37.0 Å². The third-order valence-electron chi connectivity index (χ3n) is 5.08. The van der Waals surface area contributed by atoms with E-state index in [-0.39, 0.29) is 11.6 Å². The molecule has 0 aromatic heterocycles. The minimum Gasteiger partial charge on any atom is -0.459 e. The van der Waals surface area contributed by atoms with Gasteiger partial charge in [0.2, 0.25) is 0 Å². The SMILES string of the molecule is CC1(C)C2CC3CC(=O)O[C@@]3(C)CC21. The van der Waals surface area contributed by atoms with Crippen LogP contribution in [0.4, 0.5) is 0 Å². The predicted molar refractivity (Wildman–Crippen MR) is 52.6 cm³/mol. The predicted octanol–water partition coefficient (Wildman–Crippen LogP) is 2.37. The number of ether oxygens (including phenoxy) is 1. The third kappa shape index (κ3) is 0.896. The van der Waals surface area contributed by atoms with E-state index in [0.29, 0.717) is 17.8 Å². The van der Waals surface area contributed by atoms with Crippen molar-refractivity contribution in [3.05, 3.63) is 0 Å². The van der Waals surface area contributed by atoms with Crippen LogP contribution >= 0.6 is 0 Å². The second-order valence-electron chi connectivity index (χ2n) is 6.16. The van der Waals surface area contributed by atoms with E-state index in [2.05, 4.69) is 20.8 Å². The minimum atomic E-state index is -0.119. The number of carbonyl (C=O) groups is 1. The molecule has 1 saturated heterocycles. The average Bonchev–Trinajstić information content (AvgIpc) is 2.47. The molecule has 78 valence electrons. The number of rotatable bonds is 0. The van der Waals surface area contributed by atoms with Gasteiger partial charge in [-0.15, -0.1) is 0 Å². The van der Waals surface area contributed by atoms with E-state index < -0.39 is 0 Å². The molecule has 14 heavy (non-hydrogen) atoms. The number of carbonyl (C=O) groups excluding carboxylic acids is 1. The molecule has 0 spiro atoms. The van der Waals surface area contributed by atoms with E-state index in [9.17, 15) is 4.79 Å². The molecule has 2 heteroatoms. The van der Waals surface area contributed by atoms with E-state index in [1.54, 1.807) is 0 Å². The Labute approximate surface area is 85.0 Å². The van der Waals surface area contributed by atoms with Crippen molar-refractivity contribution in [3.63, 3.8) is 0 Å². The second-order valence-corrected chi connectivity index (χ2v) is 6.16. The van der Waals surface area contributed by atoms with Gasteiger partial charge in [0.25, 0.3) is 0 Å². The summed E-state index contributed by atoms with van der Waals surface area (Å²) in [7, 11) is 0. The summed E-state index contributed by atoms with van der Waals surface area (Å²) < 4.78 is 5.50. The van der Waals surface area contributed by atoms with Crippen LogP contribution in [0, 0.1) is 23.2 Å². The van der Waals surface area contributed by atoms with Crippen LogP contribution in [0.2, 0.25) is 0 Å². The lowest BCUT2D eigenvalue weighted by molar-refractivity contribution is -0.149. The van der Waals surface area contributed by atoms with Gasteiger partial charge in [0.15, 0.2) is 0 Å². The van der Waals surface area contributed by atoms with E-state index >= 15 is 0 Å². The lowest BCUT2D eigenvalue weighted by Gasteiger charge is -2.33. The Bertz CT molecular complexity index is 307. The molecular weight excluding hydrogens is 176 g/mol. The van der Waals surface area contributed by atoms with Crippen LogP contribution in [0.25, 0.3) is 0 Å². The Hall–Kier alpha value is -0.530. The Morgan fingerprint density at radius 3 is 2.71 bits per heavy atom. The molecule has 0 radical (unpaired) electrons. The van der Waals surface area contributed by atoms with Crippen molar-refractivity contribution in [1.82, 2.24) is 0 Å². The maximum absolute atomic E-state index is 11.3. The molecule has 2 nitrogen and oxygen atoms in total. The van der Waals surface area contributed by atoms with E-state index in [0.717, 1.165) is 18.3 Å². The second kappa shape index (κ2) is 2.17. The van der Waals surface area contributed by atoms with E-state index in [1.807, 2.05) is 0 Å². The molecule has 3 rings (SSSR count). The summed E-state index contributed by atoms with van der Waals surface area (Å²) in [6.45, 7) is 6.84. The van der Waals surface area contributed by atoms with Crippen LogP contribution in [0.3, 0.4) is 0 Å². The first kappa shape index (κ1) is 8.75. The van der Waals surface area contributed by atoms with E-state index in [1.165, 1.54) is 6.42 Å². The van der Waals surface area contributed by atoms with Crippen LogP contribution in [0.5, 0.6) is 0 Å². The summed E-state index contributed by atoms with van der Waals surface area (Å²) >= 11 is 0. The molecule has 3 fully saturated rings. The molecule has 3 unspecified atom stereocenters. The van der Waals surface area contributed by atoms with Crippen LogP contribution in [0.1, 0.15) is 40.0 Å². The third-order valence-corrected chi connectivity index (χ3v) is 5.08. The van der Waals surface area contributed by atoms with Crippen molar-refractivity contribution >= 4 is 5.97 Å². The Kier molecular flexibility index (Phi) is 1.36. The van der Waals surface area contributed by atoms with Crippen molar-refractivity contribution < 1.29 is 9.53 Å². The summed E-state index contributed by atoms with van der Waals surface area (Å²) in [4.78, 5) is 11.3. The van der Waals surface area contributed by atoms with Crippen LogP contribution in [0.15, 0.2) is 0 Å². The highest BCUT2D eigenvalue weighted by molar-refractivity contribution is 5.73. The van der Waals surface area contributed by atoms with Crippen molar-refractivity contribution in [2.24, 2.45) is 23.2 Å². The molecule has 3 aliphatic rings. The fraction of sp³-hybridized carbons (Fsp3) is 0.917. The summed E-state index contributed by atoms with van der Waals surface area (Å²) in [5.74, 6) is 2.18. The maximum atomic E-state index is 11.3. The highest BCUT2D eigenvalue weighted by Crippen LogP contribution is 2.69. The molecule has 0 amide bonds. The lowest BCUT2D eigenvalue weighted by atomic mass is 9.77. The zero-order valence-corrected chi connectivity index (χ0v) is 9.17. The van der Waals surface area contributed by atoms with E-state index in [4.69, 9.17) is 4.74 Å². The molecule has 2 saturated carbocycles. The van der Waals surface area contributed by atoms with Gasteiger partial charge >= 0.3 is 5.97 Å². The molecule has 0 N–H and O–H groups in total. The first-order chi connectivity index (χ1) is 6.43. The van der Waals surface area contributed by atoms with Crippen molar-refractivity contribution in [2.45, 2.75) is 45.6 Å². The number of hydrogen-bond donors (Lipinski definition) is 0. The van der Waals surface area contributed by atoms with Gasteiger partial charge in [-0.2, -0.15) is 0 Å². The monoisotopic (exact) mass is 194 g/mol. The fourth-order valence-electron chi connectivity index (χ4n) is 3.82. The van der Waals surface area contributed by atoms with Gasteiger partial charge in [0.05, 0.1) is 6.42 Å². The summed E-state index contributed by atoms with van der Waals surface area (Å²) in [5, 5.41) is 0. The van der Waals surface area contributed by atoms with Gasteiger partial charge in [-0.3, -0.25) is 4.79 Å². The van der Waals surface area contributed by atoms with Crippen LogP contribution in [-0.2, 0) is 9.53 Å². The first-order valence-electron chi connectivity index (χ1n) is 5.65.